The van der Waals surface area contributed by atoms with Crippen LogP contribution in [0.15, 0.2) is 133 Å². The van der Waals surface area contributed by atoms with Crippen LogP contribution in [0.25, 0.3) is 44.1 Å². The van der Waals surface area contributed by atoms with Crippen molar-refractivity contribution in [3.8, 4) is 22.3 Å². The molecule has 0 radical (unpaired) electrons. The molecule has 0 atom stereocenters. The molecule has 2 nitrogen and oxygen atoms in total. The number of aromatic nitrogens is 1. The minimum atomic E-state index is -0.0506. The lowest BCUT2D eigenvalue weighted by molar-refractivity contribution is 0.660. The fourth-order valence-corrected chi connectivity index (χ4v) is 7.12. The Bertz CT molecular complexity index is 2160. The topological polar surface area (TPSA) is 8.17 Å². The molecule has 0 saturated carbocycles. The molecule has 0 N–H and O–H groups in total. The minimum Gasteiger partial charge on any atom is -0.344 e. The normalized spacial score (nSPS) is 12.4. The Hall–Kier alpha value is -5.08. The summed E-state index contributed by atoms with van der Waals surface area (Å²) >= 11 is 0. The first-order chi connectivity index (χ1) is 22.9. The number of aryl methyl sites for hydroxylation is 2. The summed E-state index contributed by atoms with van der Waals surface area (Å²) in [5, 5.41) is 2.59. The van der Waals surface area contributed by atoms with Gasteiger partial charge in [-0.15, -0.1) is 0 Å². The number of fused-ring (bicyclic) bond motifs is 6. The lowest BCUT2D eigenvalue weighted by Gasteiger charge is -2.28. The lowest BCUT2D eigenvalue weighted by Crippen LogP contribution is -2.16. The summed E-state index contributed by atoms with van der Waals surface area (Å²) in [6.45, 7) is 14.8. The summed E-state index contributed by atoms with van der Waals surface area (Å²) in [6.07, 6.45) is 0. The van der Waals surface area contributed by atoms with Crippen LogP contribution in [0.2, 0.25) is 0 Å². The largest absolute Gasteiger partial charge is 0.344 e. The molecule has 0 aliphatic heterocycles. The molecule has 0 bridgehead atoms. The van der Waals surface area contributed by atoms with Crippen molar-refractivity contribution >= 4 is 38.9 Å². The second kappa shape index (κ2) is 13.0. The van der Waals surface area contributed by atoms with Gasteiger partial charge in [0.2, 0.25) is 0 Å². The highest BCUT2D eigenvalue weighted by Gasteiger charge is 2.35. The van der Waals surface area contributed by atoms with Crippen LogP contribution >= 0.6 is 0 Å². The van der Waals surface area contributed by atoms with Gasteiger partial charge in [-0.05, 0) is 94.9 Å². The molecule has 2 heteroatoms. The van der Waals surface area contributed by atoms with Crippen molar-refractivity contribution in [1.82, 2.24) is 4.57 Å². The Balaban J connectivity index is 0.000000932. The number of benzene rings is 6. The van der Waals surface area contributed by atoms with Crippen LogP contribution in [-0.4, -0.2) is 4.57 Å². The Labute approximate surface area is 280 Å². The number of hydrogen-bond donors (Lipinski definition) is 0. The average molecular weight is 615 g/mol. The minimum absolute atomic E-state index is 0.0506. The molecule has 7 aromatic rings. The monoisotopic (exact) mass is 614 g/mol. The van der Waals surface area contributed by atoms with Crippen molar-refractivity contribution in [3.63, 3.8) is 0 Å². The standard InChI is InChI=1S/C41H34N2.2C2H6/c1-27-13-18-30(19-14-27)43(32-22-23-34-33-9-5-7-11-37(33)41(2,3)38(34)26-32)31-20-15-28(16-21-31)29-17-24-40-36(25-29)35-10-6-8-12-39(35)42(40)4;2*1-2/h5-26H,1-4H3;2*1-2H3. The third kappa shape index (κ3) is 5.42. The van der Waals surface area contributed by atoms with Gasteiger partial charge in [0.1, 0.15) is 0 Å². The van der Waals surface area contributed by atoms with Gasteiger partial charge in [-0.25, -0.2) is 0 Å². The summed E-state index contributed by atoms with van der Waals surface area (Å²) < 4.78 is 2.29. The van der Waals surface area contributed by atoms with Crippen LogP contribution in [0.4, 0.5) is 17.1 Å². The van der Waals surface area contributed by atoms with Gasteiger partial charge in [0.25, 0.3) is 0 Å². The molecule has 6 aromatic carbocycles. The van der Waals surface area contributed by atoms with E-state index in [4.69, 9.17) is 0 Å². The van der Waals surface area contributed by atoms with Crippen LogP contribution in [-0.2, 0) is 12.5 Å². The van der Waals surface area contributed by atoms with Gasteiger partial charge >= 0.3 is 0 Å². The lowest BCUT2D eigenvalue weighted by atomic mass is 9.82. The summed E-state index contributed by atoms with van der Waals surface area (Å²) in [5.41, 5.74) is 15.1. The number of hydrogen-bond acceptors (Lipinski definition) is 1. The van der Waals surface area contributed by atoms with Gasteiger partial charge in [-0.1, -0.05) is 126 Å². The maximum absolute atomic E-state index is 2.40. The van der Waals surface area contributed by atoms with Crippen LogP contribution in [0.5, 0.6) is 0 Å². The second-order valence-corrected chi connectivity index (χ2v) is 12.4. The molecule has 1 aliphatic carbocycles. The zero-order valence-electron chi connectivity index (χ0n) is 29.1. The van der Waals surface area contributed by atoms with E-state index in [2.05, 4.69) is 171 Å². The van der Waals surface area contributed by atoms with Crippen molar-refractivity contribution in [2.24, 2.45) is 7.05 Å². The van der Waals surface area contributed by atoms with Gasteiger partial charge in [-0.2, -0.15) is 0 Å². The fraction of sp³-hybridized carbons (Fsp3) is 0.200. The molecule has 0 spiro atoms. The van der Waals surface area contributed by atoms with Gasteiger partial charge < -0.3 is 9.47 Å². The Kier molecular flexibility index (Phi) is 8.80. The summed E-state index contributed by atoms with van der Waals surface area (Å²) in [4.78, 5) is 2.39. The maximum atomic E-state index is 2.40. The molecule has 236 valence electrons. The molecule has 1 heterocycles. The molecule has 1 aromatic heterocycles. The molecular formula is C45H46N2. The highest BCUT2D eigenvalue weighted by Crippen LogP contribution is 2.50. The second-order valence-electron chi connectivity index (χ2n) is 12.4. The Morgan fingerprint density at radius 1 is 0.489 bits per heavy atom. The third-order valence-corrected chi connectivity index (χ3v) is 9.49. The number of nitrogens with zero attached hydrogens (tertiary/aromatic N) is 2. The van der Waals surface area contributed by atoms with Crippen LogP contribution in [0.3, 0.4) is 0 Å². The predicted octanol–water partition coefficient (Wildman–Crippen LogP) is 13.1. The number of anilines is 3. The fourth-order valence-electron chi connectivity index (χ4n) is 7.12. The molecule has 0 saturated heterocycles. The third-order valence-electron chi connectivity index (χ3n) is 9.49. The van der Waals surface area contributed by atoms with Crippen molar-refractivity contribution in [1.29, 1.82) is 0 Å². The van der Waals surface area contributed by atoms with E-state index >= 15 is 0 Å². The van der Waals surface area contributed by atoms with E-state index in [-0.39, 0.29) is 5.41 Å². The maximum Gasteiger partial charge on any atom is 0.0489 e. The van der Waals surface area contributed by atoms with Crippen molar-refractivity contribution in [3.05, 3.63) is 150 Å². The van der Waals surface area contributed by atoms with Crippen LogP contribution in [0, 0.1) is 6.92 Å². The zero-order chi connectivity index (χ0) is 33.3. The predicted molar refractivity (Wildman–Crippen MR) is 206 cm³/mol. The molecule has 1 aliphatic rings. The van der Waals surface area contributed by atoms with E-state index in [1.165, 1.54) is 66.4 Å². The number of para-hydroxylation sites is 1. The van der Waals surface area contributed by atoms with E-state index < -0.39 is 0 Å². The van der Waals surface area contributed by atoms with Crippen LogP contribution < -0.4 is 4.90 Å². The van der Waals surface area contributed by atoms with E-state index in [1.54, 1.807) is 0 Å². The van der Waals surface area contributed by atoms with E-state index in [0.29, 0.717) is 0 Å². The first-order valence-corrected chi connectivity index (χ1v) is 17.1. The highest BCUT2D eigenvalue weighted by molar-refractivity contribution is 6.09. The van der Waals surface area contributed by atoms with Crippen molar-refractivity contribution in [2.45, 2.75) is 53.9 Å². The van der Waals surface area contributed by atoms with Crippen molar-refractivity contribution in [2.75, 3.05) is 4.90 Å². The van der Waals surface area contributed by atoms with E-state index in [9.17, 15) is 0 Å². The molecule has 8 rings (SSSR count). The van der Waals surface area contributed by atoms with Gasteiger partial charge in [0.15, 0.2) is 0 Å². The average Bonchev–Trinajstić information content (AvgIpc) is 3.54. The summed E-state index contributed by atoms with van der Waals surface area (Å²) in [6, 6.07) is 49.2. The number of rotatable bonds is 4. The molecule has 0 amide bonds. The highest BCUT2D eigenvalue weighted by atomic mass is 15.1. The van der Waals surface area contributed by atoms with Gasteiger partial charge in [0, 0.05) is 51.3 Å². The molecule has 0 fully saturated rings. The SMILES string of the molecule is CC.CC.Cc1ccc(N(c2ccc(-c3ccc4c(c3)c3ccccc3n4C)cc2)c2ccc3c(c2)C(C)(C)c2ccccc2-3)cc1. The Morgan fingerprint density at radius 3 is 1.77 bits per heavy atom. The van der Waals surface area contributed by atoms with Gasteiger partial charge in [-0.3, -0.25) is 0 Å². The molecule has 47 heavy (non-hydrogen) atoms. The molecular weight excluding hydrogens is 569 g/mol. The quantitative estimate of drug-likeness (QED) is 0.191. The first-order valence-electron chi connectivity index (χ1n) is 17.1. The summed E-state index contributed by atoms with van der Waals surface area (Å²) in [5.74, 6) is 0. The smallest absolute Gasteiger partial charge is 0.0489 e. The zero-order valence-corrected chi connectivity index (χ0v) is 29.1. The Morgan fingerprint density at radius 2 is 1.04 bits per heavy atom. The first kappa shape index (κ1) is 31.9. The summed E-state index contributed by atoms with van der Waals surface area (Å²) in [7, 11) is 2.15. The van der Waals surface area contributed by atoms with Gasteiger partial charge in [0.05, 0.1) is 0 Å². The van der Waals surface area contributed by atoms with Crippen molar-refractivity contribution < 1.29 is 0 Å². The van der Waals surface area contributed by atoms with Crippen LogP contribution in [0.1, 0.15) is 58.2 Å². The molecule has 0 unspecified atom stereocenters. The van der Waals surface area contributed by atoms with E-state index in [1.807, 2.05) is 27.7 Å². The van der Waals surface area contributed by atoms with E-state index in [0.717, 1.165) is 11.4 Å².